The summed E-state index contributed by atoms with van der Waals surface area (Å²) >= 11 is 0. The van der Waals surface area contributed by atoms with E-state index in [2.05, 4.69) is 26.1 Å². The second-order valence-corrected chi connectivity index (χ2v) is 6.70. The van der Waals surface area contributed by atoms with E-state index in [1.807, 2.05) is 23.1 Å². The first-order valence-electron chi connectivity index (χ1n) is 8.78. The van der Waals surface area contributed by atoms with Gasteiger partial charge >= 0.3 is 0 Å². The monoisotopic (exact) mass is 335 g/mol. The standard InChI is InChI=1S/C18H21N7/c19-8-6-15(12-4-2-1-3-5-12)25-10-14(17(20)24-25)16-13-7-9-21-18(13)23-11-22-16/h7,9-12,15H,1-6H2,(H2,20,24)(H,21,22,23). The smallest absolute Gasteiger partial charge is 0.154 e. The maximum Gasteiger partial charge on any atom is 0.154 e. The number of nitrogen functional groups attached to an aromatic ring is 1. The van der Waals surface area contributed by atoms with Crippen LogP contribution in [-0.2, 0) is 0 Å². The maximum absolute atomic E-state index is 9.29. The minimum absolute atomic E-state index is 0.0740. The molecule has 0 saturated heterocycles. The molecular formula is C18H21N7. The van der Waals surface area contributed by atoms with Gasteiger partial charge in [-0.1, -0.05) is 19.3 Å². The molecule has 1 saturated carbocycles. The Kier molecular flexibility index (Phi) is 4.10. The van der Waals surface area contributed by atoms with Crippen LogP contribution in [0.15, 0.2) is 24.8 Å². The van der Waals surface area contributed by atoms with E-state index in [0.29, 0.717) is 18.2 Å². The van der Waals surface area contributed by atoms with E-state index in [0.717, 1.165) is 35.1 Å². The van der Waals surface area contributed by atoms with Gasteiger partial charge in [0.15, 0.2) is 5.82 Å². The molecule has 128 valence electrons. The van der Waals surface area contributed by atoms with Gasteiger partial charge in [0.05, 0.1) is 29.8 Å². The highest BCUT2D eigenvalue weighted by molar-refractivity contribution is 5.92. The molecule has 0 amide bonds. The first-order chi connectivity index (χ1) is 12.3. The summed E-state index contributed by atoms with van der Waals surface area (Å²) in [5, 5.41) is 14.8. The number of aromatic amines is 1. The summed E-state index contributed by atoms with van der Waals surface area (Å²) < 4.78 is 1.89. The van der Waals surface area contributed by atoms with Crippen LogP contribution < -0.4 is 5.73 Å². The zero-order valence-electron chi connectivity index (χ0n) is 14.0. The van der Waals surface area contributed by atoms with Gasteiger partial charge in [-0.25, -0.2) is 9.97 Å². The molecule has 3 N–H and O–H groups in total. The van der Waals surface area contributed by atoms with Gasteiger partial charge < -0.3 is 10.7 Å². The van der Waals surface area contributed by atoms with Crippen molar-refractivity contribution in [3.05, 3.63) is 24.8 Å². The molecule has 0 aliphatic heterocycles. The van der Waals surface area contributed by atoms with Gasteiger partial charge in [-0.05, 0) is 24.8 Å². The highest BCUT2D eigenvalue weighted by Gasteiger charge is 2.27. The Morgan fingerprint density at radius 2 is 2.16 bits per heavy atom. The van der Waals surface area contributed by atoms with E-state index in [-0.39, 0.29) is 6.04 Å². The predicted octanol–water partition coefficient (Wildman–Crippen LogP) is 3.44. The fourth-order valence-electron chi connectivity index (χ4n) is 3.93. The van der Waals surface area contributed by atoms with E-state index in [9.17, 15) is 5.26 Å². The van der Waals surface area contributed by atoms with Crippen LogP contribution in [0.2, 0.25) is 0 Å². The number of nitriles is 1. The van der Waals surface area contributed by atoms with Crippen molar-refractivity contribution >= 4 is 16.9 Å². The van der Waals surface area contributed by atoms with Crippen molar-refractivity contribution in [2.75, 3.05) is 5.73 Å². The summed E-state index contributed by atoms with van der Waals surface area (Å²) in [6, 6.07) is 4.34. The minimum Gasteiger partial charge on any atom is -0.382 e. The summed E-state index contributed by atoms with van der Waals surface area (Å²) in [4.78, 5) is 11.7. The van der Waals surface area contributed by atoms with Crippen LogP contribution >= 0.6 is 0 Å². The molecule has 7 nitrogen and oxygen atoms in total. The van der Waals surface area contributed by atoms with Gasteiger partial charge in [0.1, 0.15) is 12.0 Å². The van der Waals surface area contributed by atoms with Crippen LogP contribution in [0.25, 0.3) is 22.3 Å². The van der Waals surface area contributed by atoms with Gasteiger partial charge in [0, 0.05) is 17.8 Å². The zero-order valence-corrected chi connectivity index (χ0v) is 14.0. The Bertz CT molecular complexity index is 911. The summed E-state index contributed by atoms with van der Waals surface area (Å²) in [5.41, 5.74) is 8.56. The lowest BCUT2D eigenvalue weighted by Gasteiger charge is -2.28. The van der Waals surface area contributed by atoms with Gasteiger partial charge in [-0.15, -0.1) is 0 Å². The summed E-state index contributed by atoms with van der Waals surface area (Å²) in [7, 11) is 0. The number of nitrogens with two attached hydrogens (primary N) is 1. The number of hydrogen-bond donors (Lipinski definition) is 2. The number of nitrogens with one attached hydrogen (secondary N) is 1. The second-order valence-electron chi connectivity index (χ2n) is 6.70. The lowest BCUT2D eigenvalue weighted by atomic mass is 9.83. The fourth-order valence-corrected chi connectivity index (χ4v) is 3.93. The van der Waals surface area contributed by atoms with Gasteiger partial charge in [-0.3, -0.25) is 4.68 Å². The van der Waals surface area contributed by atoms with E-state index in [1.54, 1.807) is 0 Å². The lowest BCUT2D eigenvalue weighted by molar-refractivity contribution is 0.238. The number of H-pyrrole nitrogens is 1. The third kappa shape index (κ3) is 2.84. The van der Waals surface area contributed by atoms with Gasteiger partial charge in [0.2, 0.25) is 0 Å². The van der Waals surface area contributed by atoms with Crippen LogP contribution in [0, 0.1) is 17.2 Å². The zero-order chi connectivity index (χ0) is 17.2. The number of fused-ring (bicyclic) bond motifs is 1. The number of anilines is 1. The molecular weight excluding hydrogens is 314 g/mol. The van der Waals surface area contributed by atoms with Crippen molar-refractivity contribution < 1.29 is 0 Å². The molecule has 1 fully saturated rings. The molecule has 7 heteroatoms. The number of rotatable bonds is 4. The largest absolute Gasteiger partial charge is 0.382 e. The molecule has 0 bridgehead atoms. The van der Waals surface area contributed by atoms with Crippen LogP contribution in [0.3, 0.4) is 0 Å². The van der Waals surface area contributed by atoms with Crippen molar-refractivity contribution in [3.63, 3.8) is 0 Å². The average molecular weight is 335 g/mol. The lowest BCUT2D eigenvalue weighted by Crippen LogP contribution is -2.22. The summed E-state index contributed by atoms with van der Waals surface area (Å²) in [5.74, 6) is 0.929. The molecule has 0 aromatic carbocycles. The minimum atomic E-state index is 0.0740. The molecule has 0 spiro atoms. The molecule has 1 atom stereocenters. The van der Waals surface area contributed by atoms with E-state index in [1.165, 1.54) is 25.6 Å². The molecule has 3 heterocycles. The third-order valence-corrected chi connectivity index (χ3v) is 5.20. The number of hydrogen-bond acceptors (Lipinski definition) is 5. The Balaban J connectivity index is 1.73. The van der Waals surface area contributed by atoms with Crippen molar-refractivity contribution in [3.8, 4) is 17.3 Å². The van der Waals surface area contributed by atoms with E-state index in [4.69, 9.17) is 5.73 Å². The van der Waals surface area contributed by atoms with Crippen LogP contribution in [-0.4, -0.2) is 24.7 Å². The topological polar surface area (TPSA) is 109 Å². The molecule has 0 radical (unpaired) electrons. The highest BCUT2D eigenvalue weighted by Crippen LogP contribution is 2.37. The van der Waals surface area contributed by atoms with Crippen molar-refractivity contribution in [1.29, 1.82) is 5.26 Å². The molecule has 1 aliphatic carbocycles. The van der Waals surface area contributed by atoms with Crippen LogP contribution in [0.4, 0.5) is 5.82 Å². The summed E-state index contributed by atoms with van der Waals surface area (Å²) in [6.45, 7) is 0. The Morgan fingerprint density at radius 3 is 2.96 bits per heavy atom. The normalized spacial score (nSPS) is 16.8. The fraction of sp³-hybridized carbons (Fsp3) is 0.444. The van der Waals surface area contributed by atoms with Gasteiger partial charge in [-0.2, -0.15) is 10.4 Å². The molecule has 3 aromatic rings. The van der Waals surface area contributed by atoms with Crippen LogP contribution in [0.5, 0.6) is 0 Å². The van der Waals surface area contributed by atoms with Crippen molar-refractivity contribution in [2.45, 2.75) is 44.6 Å². The third-order valence-electron chi connectivity index (χ3n) is 5.20. The Hall–Kier alpha value is -2.88. The first kappa shape index (κ1) is 15.6. The van der Waals surface area contributed by atoms with E-state index < -0.39 is 0 Å². The molecule has 1 aliphatic rings. The van der Waals surface area contributed by atoms with Crippen molar-refractivity contribution in [1.82, 2.24) is 24.7 Å². The number of nitrogens with zero attached hydrogens (tertiary/aromatic N) is 5. The molecule has 4 rings (SSSR count). The Labute approximate surface area is 145 Å². The van der Waals surface area contributed by atoms with Crippen LogP contribution in [0.1, 0.15) is 44.6 Å². The quantitative estimate of drug-likeness (QED) is 0.759. The van der Waals surface area contributed by atoms with E-state index >= 15 is 0 Å². The average Bonchev–Trinajstić information content (AvgIpc) is 3.26. The number of aromatic nitrogens is 5. The van der Waals surface area contributed by atoms with Gasteiger partial charge in [0.25, 0.3) is 0 Å². The van der Waals surface area contributed by atoms with Crippen molar-refractivity contribution in [2.24, 2.45) is 5.92 Å². The Morgan fingerprint density at radius 1 is 1.32 bits per heavy atom. The molecule has 1 unspecified atom stereocenters. The first-order valence-corrected chi connectivity index (χ1v) is 8.78. The summed E-state index contributed by atoms with van der Waals surface area (Å²) in [6.07, 6.45) is 11.8. The predicted molar refractivity (Wildman–Crippen MR) is 95.4 cm³/mol. The maximum atomic E-state index is 9.29. The second kappa shape index (κ2) is 6.55. The molecule has 25 heavy (non-hydrogen) atoms. The SMILES string of the molecule is N#CCC(C1CCCCC1)n1cc(-c2ncnc3[nH]ccc23)c(N)n1. The highest BCUT2D eigenvalue weighted by atomic mass is 15.3. The molecule has 3 aromatic heterocycles.